The van der Waals surface area contributed by atoms with Crippen LogP contribution >= 0.6 is 0 Å². The third kappa shape index (κ3) is 3.29. The molecule has 0 saturated carbocycles. The highest BCUT2D eigenvalue weighted by atomic mass is 19.4. The van der Waals surface area contributed by atoms with Crippen molar-refractivity contribution in [1.29, 1.82) is 0 Å². The van der Waals surface area contributed by atoms with Crippen molar-refractivity contribution < 1.29 is 27.4 Å². The number of alkyl halides is 3. The van der Waals surface area contributed by atoms with Gasteiger partial charge in [0.15, 0.2) is 0 Å². The maximum absolute atomic E-state index is 12.8. The highest BCUT2D eigenvalue weighted by molar-refractivity contribution is 5.68. The minimum atomic E-state index is -4.40. The standard InChI is InChI=1S/C17H14F3NO3/c18-17(19,20)12-3-1-2-10(8-12)11-4-5-13-14(24-16(21)22)6-7-23-15(13)9-11/h1-5,8-9,14H,6-7H2,(H2,21,22). The second kappa shape index (κ2) is 6.07. The largest absolute Gasteiger partial charge is 0.493 e. The van der Waals surface area contributed by atoms with Crippen LogP contribution in [0.15, 0.2) is 42.5 Å². The highest BCUT2D eigenvalue weighted by Gasteiger charge is 2.30. The van der Waals surface area contributed by atoms with Gasteiger partial charge in [-0.25, -0.2) is 4.79 Å². The maximum atomic E-state index is 12.8. The molecule has 1 aliphatic heterocycles. The van der Waals surface area contributed by atoms with Gasteiger partial charge >= 0.3 is 12.3 Å². The molecule has 1 atom stereocenters. The number of rotatable bonds is 2. The Bertz CT molecular complexity index is 774. The van der Waals surface area contributed by atoms with Crippen LogP contribution in [0.2, 0.25) is 0 Å². The number of hydrogen-bond donors (Lipinski definition) is 1. The zero-order valence-electron chi connectivity index (χ0n) is 12.5. The second-order valence-electron chi connectivity index (χ2n) is 5.39. The summed E-state index contributed by atoms with van der Waals surface area (Å²) in [5, 5.41) is 0. The zero-order valence-corrected chi connectivity index (χ0v) is 12.5. The Morgan fingerprint density at radius 2 is 1.92 bits per heavy atom. The fourth-order valence-electron chi connectivity index (χ4n) is 2.67. The summed E-state index contributed by atoms with van der Waals surface area (Å²) in [4.78, 5) is 10.9. The predicted octanol–water partition coefficient (Wildman–Crippen LogP) is 4.29. The summed E-state index contributed by atoms with van der Waals surface area (Å²) in [7, 11) is 0. The summed E-state index contributed by atoms with van der Waals surface area (Å²) in [5.74, 6) is 0.474. The molecule has 1 aliphatic rings. The third-order valence-electron chi connectivity index (χ3n) is 3.78. The molecule has 1 unspecified atom stereocenters. The lowest BCUT2D eigenvalue weighted by Gasteiger charge is -2.25. The molecule has 1 amide bonds. The van der Waals surface area contributed by atoms with Crippen molar-refractivity contribution in [2.45, 2.75) is 18.7 Å². The summed E-state index contributed by atoms with van der Waals surface area (Å²) in [6.07, 6.45) is -5.32. The number of carbonyl (C=O) groups excluding carboxylic acids is 1. The summed E-state index contributed by atoms with van der Waals surface area (Å²) < 4.78 is 49.1. The van der Waals surface area contributed by atoms with E-state index in [9.17, 15) is 18.0 Å². The van der Waals surface area contributed by atoms with Gasteiger partial charge < -0.3 is 15.2 Å². The monoisotopic (exact) mass is 337 g/mol. The number of amides is 1. The maximum Gasteiger partial charge on any atom is 0.416 e. The first kappa shape index (κ1) is 16.2. The predicted molar refractivity (Wildman–Crippen MR) is 80.4 cm³/mol. The van der Waals surface area contributed by atoms with E-state index in [0.29, 0.717) is 35.5 Å². The lowest BCUT2D eigenvalue weighted by Crippen LogP contribution is -2.22. The Morgan fingerprint density at radius 3 is 2.62 bits per heavy atom. The van der Waals surface area contributed by atoms with E-state index in [0.717, 1.165) is 12.1 Å². The lowest BCUT2D eigenvalue weighted by atomic mass is 9.97. The molecule has 0 bridgehead atoms. The molecule has 0 aliphatic carbocycles. The molecular formula is C17H14F3NO3. The van der Waals surface area contributed by atoms with Crippen LogP contribution in [0.1, 0.15) is 23.7 Å². The van der Waals surface area contributed by atoms with Crippen LogP contribution in [-0.4, -0.2) is 12.7 Å². The smallest absolute Gasteiger partial charge is 0.416 e. The third-order valence-corrected chi connectivity index (χ3v) is 3.78. The molecular weight excluding hydrogens is 323 g/mol. The van der Waals surface area contributed by atoms with E-state index in [-0.39, 0.29) is 0 Å². The van der Waals surface area contributed by atoms with Crippen molar-refractivity contribution >= 4 is 6.09 Å². The number of ether oxygens (including phenoxy) is 2. The van der Waals surface area contributed by atoms with Crippen LogP contribution in [0.3, 0.4) is 0 Å². The molecule has 4 nitrogen and oxygen atoms in total. The van der Waals surface area contributed by atoms with Gasteiger partial charge in [-0.1, -0.05) is 24.3 Å². The molecule has 0 fully saturated rings. The van der Waals surface area contributed by atoms with E-state index in [1.807, 2.05) is 0 Å². The van der Waals surface area contributed by atoms with Gasteiger partial charge in [-0.3, -0.25) is 0 Å². The average molecular weight is 337 g/mol. The first-order valence-electron chi connectivity index (χ1n) is 7.25. The Kier molecular flexibility index (Phi) is 4.09. The van der Waals surface area contributed by atoms with E-state index in [1.54, 1.807) is 24.3 Å². The van der Waals surface area contributed by atoms with Gasteiger partial charge in [0.2, 0.25) is 0 Å². The Morgan fingerprint density at radius 1 is 1.17 bits per heavy atom. The Labute approximate surface area is 136 Å². The minimum Gasteiger partial charge on any atom is -0.493 e. The van der Waals surface area contributed by atoms with Crippen LogP contribution in [0.4, 0.5) is 18.0 Å². The van der Waals surface area contributed by atoms with Crippen molar-refractivity contribution in [3.05, 3.63) is 53.6 Å². The van der Waals surface area contributed by atoms with Crippen LogP contribution < -0.4 is 10.5 Å². The summed E-state index contributed by atoms with van der Waals surface area (Å²) in [6, 6.07) is 10.0. The van der Waals surface area contributed by atoms with Crippen LogP contribution in [0.5, 0.6) is 5.75 Å². The number of benzene rings is 2. The van der Waals surface area contributed by atoms with Crippen molar-refractivity contribution in [2.24, 2.45) is 5.73 Å². The van der Waals surface area contributed by atoms with Gasteiger partial charge in [-0.15, -0.1) is 0 Å². The molecule has 2 aromatic rings. The van der Waals surface area contributed by atoms with Crippen LogP contribution in [0.25, 0.3) is 11.1 Å². The van der Waals surface area contributed by atoms with Gasteiger partial charge in [0, 0.05) is 12.0 Å². The van der Waals surface area contributed by atoms with Crippen molar-refractivity contribution in [3.63, 3.8) is 0 Å². The molecule has 0 saturated heterocycles. The first-order valence-corrected chi connectivity index (χ1v) is 7.25. The minimum absolute atomic E-state index is 0.330. The highest BCUT2D eigenvalue weighted by Crippen LogP contribution is 2.38. The van der Waals surface area contributed by atoms with E-state index >= 15 is 0 Å². The van der Waals surface area contributed by atoms with Gasteiger partial charge in [0.25, 0.3) is 0 Å². The SMILES string of the molecule is NC(=O)OC1CCOc2cc(-c3cccc(C(F)(F)F)c3)ccc21. The second-order valence-corrected chi connectivity index (χ2v) is 5.39. The Balaban J connectivity index is 1.96. The molecule has 0 aromatic heterocycles. The van der Waals surface area contributed by atoms with Gasteiger partial charge in [0.1, 0.15) is 11.9 Å². The summed E-state index contributed by atoms with van der Waals surface area (Å²) in [6.45, 7) is 0.330. The molecule has 0 spiro atoms. The van der Waals surface area contributed by atoms with Gasteiger partial charge in [-0.05, 0) is 29.3 Å². The van der Waals surface area contributed by atoms with E-state index < -0.39 is 23.9 Å². The van der Waals surface area contributed by atoms with E-state index in [4.69, 9.17) is 15.2 Å². The molecule has 2 N–H and O–H groups in total. The molecule has 7 heteroatoms. The number of fused-ring (bicyclic) bond motifs is 1. The number of primary amides is 1. The normalized spacial score (nSPS) is 16.9. The number of halogens is 3. The van der Waals surface area contributed by atoms with E-state index in [1.165, 1.54) is 6.07 Å². The van der Waals surface area contributed by atoms with Crippen molar-refractivity contribution in [2.75, 3.05) is 6.61 Å². The van der Waals surface area contributed by atoms with Crippen LogP contribution in [0, 0.1) is 0 Å². The average Bonchev–Trinajstić information content (AvgIpc) is 2.53. The van der Waals surface area contributed by atoms with Gasteiger partial charge in [0.05, 0.1) is 12.2 Å². The van der Waals surface area contributed by atoms with Crippen LogP contribution in [-0.2, 0) is 10.9 Å². The quantitative estimate of drug-likeness (QED) is 0.889. The Hall–Kier alpha value is -2.70. The fraction of sp³-hybridized carbons (Fsp3) is 0.235. The number of nitrogens with two attached hydrogens (primary N) is 1. The van der Waals surface area contributed by atoms with Crippen molar-refractivity contribution in [3.8, 4) is 16.9 Å². The number of hydrogen-bond acceptors (Lipinski definition) is 3. The molecule has 2 aromatic carbocycles. The molecule has 3 rings (SSSR count). The topological polar surface area (TPSA) is 61.6 Å². The summed E-state index contributed by atoms with van der Waals surface area (Å²) >= 11 is 0. The molecule has 126 valence electrons. The zero-order chi connectivity index (χ0) is 17.3. The molecule has 24 heavy (non-hydrogen) atoms. The molecule has 1 heterocycles. The molecule has 0 radical (unpaired) electrons. The lowest BCUT2D eigenvalue weighted by molar-refractivity contribution is -0.137. The summed E-state index contributed by atoms with van der Waals surface area (Å²) in [5.41, 5.74) is 5.99. The van der Waals surface area contributed by atoms with Gasteiger partial charge in [-0.2, -0.15) is 13.2 Å². The first-order chi connectivity index (χ1) is 11.3. The number of carbonyl (C=O) groups is 1. The van der Waals surface area contributed by atoms with Crippen molar-refractivity contribution in [1.82, 2.24) is 0 Å². The fourth-order valence-corrected chi connectivity index (χ4v) is 2.67. The van der Waals surface area contributed by atoms with E-state index in [2.05, 4.69) is 0 Å².